The molecule has 3 nitrogen and oxygen atoms in total. The largest absolute Gasteiger partial charge is 0.443 e. The third-order valence-electron chi connectivity index (χ3n) is 3.26. The lowest BCUT2D eigenvalue weighted by molar-refractivity contribution is 0.00339. The number of likely N-dealkylation sites (tertiary alicyclic amines) is 1. The van der Waals surface area contributed by atoms with Gasteiger partial charge in [0.15, 0.2) is 0 Å². The fourth-order valence-corrected chi connectivity index (χ4v) is 2.23. The number of rotatable bonds is 4. The molecule has 1 heterocycles. The highest BCUT2D eigenvalue weighted by atomic mass is 16.6. The molecule has 0 aromatic carbocycles. The second kappa shape index (κ2) is 5.55. The zero-order chi connectivity index (χ0) is 12.2. The van der Waals surface area contributed by atoms with E-state index in [1.54, 1.807) is 0 Å². The molecule has 1 amide bonds. The monoisotopic (exact) mass is 227 g/mol. The number of hydrogen-bond donors (Lipinski definition) is 0. The predicted octanol–water partition coefficient (Wildman–Crippen LogP) is 3.43. The molecule has 0 aromatic rings. The summed E-state index contributed by atoms with van der Waals surface area (Å²) in [6.07, 6.45) is 4.15. The minimum absolute atomic E-state index is 0.134. The van der Waals surface area contributed by atoms with Gasteiger partial charge < -0.3 is 9.64 Å². The smallest absolute Gasteiger partial charge is 0.410 e. The number of nitrogens with zero attached hydrogens (tertiary/aromatic N) is 1. The Morgan fingerprint density at radius 1 is 1.38 bits per heavy atom. The third kappa shape index (κ3) is 4.03. The lowest BCUT2D eigenvalue weighted by Crippen LogP contribution is -2.37. The first-order chi connectivity index (χ1) is 7.44. The Hall–Kier alpha value is -0.730. The van der Waals surface area contributed by atoms with E-state index in [0.29, 0.717) is 5.92 Å². The van der Waals surface area contributed by atoms with Gasteiger partial charge in [-0.3, -0.25) is 0 Å². The molecule has 3 heteroatoms. The maximum Gasteiger partial charge on any atom is 0.410 e. The molecule has 16 heavy (non-hydrogen) atoms. The molecule has 1 rings (SSSR count). The Kier molecular flexibility index (Phi) is 4.63. The van der Waals surface area contributed by atoms with Crippen molar-refractivity contribution >= 4 is 6.09 Å². The van der Waals surface area contributed by atoms with Gasteiger partial charge in [-0.05, 0) is 39.0 Å². The molecule has 0 spiro atoms. The molecule has 1 aliphatic heterocycles. The molecule has 0 aromatic heterocycles. The zero-order valence-electron chi connectivity index (χ0n) is 11.1. The Morgan fingerprint density at radius 2 is 1.94 bits per heavy atom. The van der Waals surface area contributed by atoms with E-state index in [9.17, 15) is 4.79 Å². The van der Waals surface area contributed by atoms with Crippen molar-refractivity contribution in [3.8, 4) is 0 Å². The number of ether oxygens (including phenoxy) is 1. The number of carbonyl (C=O) groups is 1. The summed E-state index contributed by atoms with van der Waals surface area (Å²) in [4.78, 5) is 13.7. The standard InChI is InChI=1S/C13H25NO2/c1-5-11(2)10-13(3,4)16-12(15)14-8-6-7-9-14/h11H,5-10H2,1-4H3. The van der Waals surface area contributed by atoms with Crippen LogP contribution in [0.25, 0.3) is 0 Å². The lowest BCUT2D eigenvalue weighted by atomic mass is 9.93. The van der Waals surface area contributed by atoms with Crippen molar-refractivity contribution in [1.29, 1.82) is 0 Å². The average molecular weight is 227 g/mol. The Labute approximate surface area is 99.1 Å². The highest BCUT2D eigenvalue weighted by Crippen LogP contribution is 2.24. The summed E-state index contributed by atoms with van der Waals surface area (Å²) in [5, 5.41) is 0. The zero-order valence-corrected chi connectivity index (χ0v) is 11.1. The second-order valence-electron chi connectivity index (χ2n) is 5.54. The van der Waals surface area contributed by atoms with Crippen LogP contribution in [0, 0.1) is 5.92 Å². The highest BCUT2D eigenvalue weighted by molar-refractivity contribution is 5.68. The SMILES string of the molecule is CCC(C)CC(C)(C)OC(=O)N1CCCC1. The van der Waals surface area contributed by atoms with Gasteiger partial charge in [0.2, 0.25) is 0 Å². The molecule has 0 bridgehead atoms. The Balaban J connectivity index is 2.41. The van der Waals surface area contributed by atoms with Gasteiger partial charge in [-0.25, -0.2) is 4.79 Å². The average Bonchev–Trinajstić information content (AvgIpc) is 2.68. The van der Waals surface area contributed by atoms with E-state index < -0.39 is 0 Å². The van der Waals surface area contributed by atoms with Gasteiger partial charge in [-0.2, -0.15) is 0 Å². The maximum absolute atomic E-state index is 11.8. The molecule has 1 atom stereocenters. The van der Waals surface area contributed by atoms with E-state index in [1.807, 2.05) is 18.7 Å². The summed E-state index contributed by atoms with van der Waals surface area (Å²) in [6.45, 7) is 10.1. The van der Waals surface area contributed by atoms with Gasteiger partial charge in [-0.1, -0.05) is 20.3 Å². The molecule has 1 saturated heterocycles. The lowest BCUT2D eigenvalue weighted by Gasteiger charge is -2.30. The van der Waals surface area contributed by atoms with Crippen LogP contribution in [0.2, 0.25) is 0 Å². The molecule has 0 radical (unpaired) electrons. The Bertz CT molecular complexity index is 232. The van der Waals surface area contributed by atoms with Crippen LogP contribution in [-0.2, 0) is 4.74 Å². The summed E-state index contributed by atoms with van der Waals surface area (Å²) in [6, 6.07) is 0. The predicted molar refractivity (Wildman–Crippen MR) is 65.4 cm³/mol. The molecule has 94 valence electrons. The van der Waals surface area contributed by atoms with E-state index in [-0.39, 0.29) is 11.7 Å². The van der Waals surface area contributed by atoms with Crippen LogP contribution in [0.3, 0.4) is 0 Å². The summed E-state index contributed by atoms with van der Waals surface area (Å²) in [7, 11) is 0. The Morgan fingerprint density at radius 3 is 2.44 bits per heavy atom. The second-order valence-corrected chi connectivity index (χ2v) is 5.54. The van der Waals surface area contributed by atoms with Crippen LogP contribution in [0.5, 0.6) is 0 Å². The first kappa shape index (κ1) is 13.3. The van der Waals surface area contributed by atoms with E-state index in [0.717, 1.165) is 38.8 Å². The van der Waals surface area contributed by atoms with Gasteiger partial charge in [0, 0.05) is 13.1 Å². The van der Waals surface area contributed by atoms with Crippen molar-refractivity contribution in [2.45, 2.75) is 59.0 Å². The first-order valence-electron chi connectivity index (χ1n) is 6.42. The summed E-state index contributed by atoms with van der Waals surface area (Å²) >= 11 is 0. The minimum atomic E-state index is -0.338. The number of hydrogen-bond acceptors (Lipinski definition) is 2. The molecule has 1 fully saturated rings. The van der Waals surface area contributed by atoms with Gasteiger partial charge in [0.05, 0.1) is 0 Å². The van der Waals surface area contributed by atoms with Crippen LogP contribution in [-0.4, -0.2) is 29.7 Å². The summed E-state index contributed by atoms with van der Waals surface area (Å²) < 4.78 is 5.58. The van der Waals surface area contributed by atoms with E-state index in [1.165, 1.54) is 0 Å². The van der Waals surface area contributed by atoms with E-state index in [4.69, 9.17) is 4.74 Å². The van der Waals surface area contributed by atoms with Crippen LogP contribution >= 0.6 is 0 Å². The quantitative estimate of drug-likeness (QED) is 0.736. The van der Waals surface area contributed by atoms with Crippen LogP contribution in [0.15, 0.2) is 0 Å². The minimum Gasteiger partial charge on any atom is -0.443 e. The van der Waals surface area contributed by atoms with Crippen molar-refractivity contribution in [3.05, 3.63) is 0 Å². The number of carbonyl (C=O) groups excluding carboxylic acids is 1. The van der Waals surface area contributed by atoms with Crippen molar-refractivity contribution in [1.82, 2.24) is 4.90 Å². The van der Waals surface area contributed by atoms with Crippen molar-refractivity contribution in [2.24, 2.45) is 5.92 Å². The fraction of sp³-hybridized carbons (Fsp3) is 0.923. The molecule has 1 unspecified atom stereocenters. The topological polar surface area (TPSA) is 29.5 Å². The molecular formula is C13H25NO2. The molecule has 0 N–H and O–H groups in total. The van der Waals surface area contributed by atoms with E-state index >= 15 is 0 Å². The van der Waals surface area contributed by atoms with Crippen molar-refractivity contribution in [3.63, 3.8) is 0 Å². The summed E-state index contributed by atoms with van der Waals surface area (Å²) in [5.41, 5.74) is -0.338. The molecular weight excluding hydrogens is 202 g/mol. The highest BCUT2D eigenvalue weighted by Gasteiger charge is 2.28. The fourth-order valence-electron chi connectivity index (χ4n) is 2.23. The van der Waals surface area contributed by atoms with Crippen LogP contribution < -0.4 is 0 Å². The van der Waals surface area contributed by atoms with Gasteiger partial charge in [-0.15, -0.1) is 0 Å². The van der Waals surface area contributed by atoms with Gasteiger partial charge in [0.25, 0.3) is 0 Å². The van der Waals surface area contributed by atoms with Crippen molar-refractivity contribution < 1.29 is 9.53 Å². The molecule has 0 aliphatic carbocycles. The molecule has 1 aliphatic rings. The van der Waals surface area contributed by atoms with Crippen molar-refractivity contribution in [2.75, 3.05) is 13.1 Å². The van der Waals surface area contributed by atoms with Crippen LogP contribution in [0.4, 0.5) is 4.79 Å². The molecule has 0 saturated carbocycles. The normalized spacial score (nSPS) is 18.6. The summed E-state index contributed by atoms with van der Waals surface area (Å²) in [5.74, 6) is 0.598. The van der Waals surface area contributed by atoms with Gasteiger partial charge in [0.1, 0.15) is 5.60 Å². The maximum atomic E-state index is 11.8. The first-order valence-corrected chi connectivity index (χ1v) is 6.42. The van der Waals surface area contributed by atoms with Crippen LogP contribution in [0.1, 0.15) is 53.4 Å². The third-order valence-corrected chi connectivity index (χ3v) is 3.26. The van der Waals surface area contributed by atoms with Gasteiger partial charge >= 0.3 is 6.09 Å². The number of amides is 1. The van der Waals surface area contributed by atoms with E-state index in [2.05, 4.69) is 13.8 Å².